The molecule has 1 fully saturated rings. The van der Waals surface area contributed by atoms with E-state index in [9.17, 15) is 0 Å². The molecule has 0 aromatic carbocycles. The maximum Gasteiger partial charge on any atom is 0.224 e. The third kappa shape index (κ3) is 4.90. The fourth-order valence-electron chi connectivity index (χ4n) is 2.33. The van der Waals surface area contributed by atoms with Crippen molar-refractivity contribution in [1.82, 2.24) is 14.9 Å². The maximum absolute atomic E-state index is 4.49. The van der Waals surface area contributed by atoms with Crippen LogP contribution >= 0.6 is 15.9 Å². The fraction of sp³-hybridized carbons (Fsp3) is 0.714. The molecule has 1 saturated heterocycles. The number of hydrogen-bond acceptors (Lipinski definition) is 5. The van der Waals surface area contributed by atoms with Gasteiger partial charge in [-0.25, -0.2) is 4.98 Å². The summed E-state index contributed by atoms with van der Waals surface area (Å²) in [5.74, 6) is 1.57. The predicted octanol–water partition coefficient (Wildman–Crippen LogP) is 2.96. The van der Waals surface area contributed by atoms with Crippen LogP contribution in [0.5, 0.6) is 0 Å². The van der Waals surface area contributed by atoms with Crippen LogP contribution in [0.15, 0.2) is 10.7 Å². The standard InChI is InChI=1S/C14H24BrN5/c1-2-6-17-14-18-11-12(15)13(19-14)16-7-5-10-20-8-3-4-9-20/h11H,2-10H2,1H3,(H2,16,17,18,19). The molecule has 1 aromatic heterocycles. The minimum Gasteiger partial charge on any atom is -0.369 e. The lowest BCUT2D eigenvalue weighted by molar-refractivity contribution is 0.337. The molecule has 1 aliphatic heterocycles. The summed E-state index contributed by atoms with van der Waals surface area (Å²) in [6.45, 7) is 7.68. The SMILES string of the molecule is CCCNc1ncc(Br)c(NCCCN2CCCC2)n1. The first-order valence-electron chi connectivity index (χ1n) is 7.52. The number of hydrogen-bond donors (Lipinski definition) is 2. The van der Waals surface area contributed by atoms with Gasteiger partial charge in [-0.15, -0.1) is 0 Å². The monoisotopic (exact) mass is 341 g/mol. The van der Waals surface area contributed by atoms with Crippen LogP contribution in [0.4, 0.5) is 11.8 Å². The molecule has 0 bridgehead atoms. The number of aromatic nitrogens is 2. The van der Waals surface area contributed by atoms with Gasteiger partial charge in [0.15, 0.2) is 0 Å². The van der Waals surface area contributed by atoms with Crippen LogP contribution in [-0.4, -0.2) is 47.6 Å². The van der Waals surface area contributed by atoms with Crippen LogP contribution < -0.4 is 10.6 Å². The number of halogens is 1. The van der Waals surface area contributed by atoms with E-state index >= 15 is 0 Å². The molecule has 0 atom stereocenters. The predicted molar refractivity (Wildman–Crippen MR) is 87.3 cm³/mol. The van der Waals surface area contributed by atoms with Gasteiger partial charge in [0, 0.05) is 19.3 Å². The van der Waals surface area contributed by atoms with Crippen LogP contribution in [0.2, 0.25) is 0 Å². The summed E-state index contributed by atoms with van der Waals surface area (Å²) < 4.78 is 0.917. The highest BCUT2D eigenvalue weighted by molar-refractivity contribution is 9.10. The molecule has 0 unspecified atom stereocenters. The Morgan fingerprint density at radius 2 is 2.05 bits per heavy atom. The summed E-state index contributed by atoms with van der Waals surface area (Å²) >= 11 is 3.49. The van der Waals surface area contributed by atoms with Gasteiger partial charge in [-0.05, 0) is 61.2 Å². The Morgan fingerprint density at radius 3 is 2.80 bits per heavy atom. The number of rotatable bonds is 8. The van der Waals surface area contributed by atoms with Gasteiger partial charge in [0.2, 0.25) is 5.95 Å². The second kappa shape index (κ2) is 8.42. The van der Waals surface area contributed by atoms with Gasteiger partial charge in [0.25, 0.3) is 0 Å². The lowest BCUT2D eigenvalue weighted by Crippen LogP contribution is -2.22. The second-order valence-corrected chi connectivity index (χ2v) is 6.00. The third-order valence-electron chi connectivity index (χ3n) is 3.42. The Kier molecular flexibility index (Phi) is 6.53. The van der Waals surface area contributed by atoms with Crippen molar-refractivity contribution in [3.63, 3.8) is 0 Å². The lowest BCUT2D eigenvalue weighted by atomic mass is 10.4. The quantitative estimate of drug-likeness (QED) is 0.712. The minimum atomic E-state index is 0.692. The minimum absolute atomic E-state index is 0.692. The molecule has 0 aliphatic carbocycles. The Morgan fingerprint density at radius 1 is 1.25 bits per heavy atom. The van der Waals surface area contributed by atoms with Gasteiger partial charge in [-0.2, -0.15) is 4.98 Å². The van der Waals surface area contributed by atoms with E-state index in [0.29, 0.717) is 5.95 Å². The van der Waals surface area contributed by atoms with Gasteiger partial charge in [0.1, 0.15) is 5.82 Å². The Hall–Kier alpha value is -0.880. The molecule has 6 heteroatoms. The van der Waals surface area contributed by atoms with Crippen molar-refractivity contribution in [2.45, 2.75) is 32.6 Å². The zero-order chi connectivity index (χ0) is 14.2. The average Bonchev–Trinajstić information content (AvgIpc) is 2.97. The van der Waals surface area contributed by atoms with E-state index < -0.39 is 0 Å². The van der Waals surface area contributed by atoms with Gasteiger partial charge in [-0.1, -0.05) is 6.92 Å². The van der Waals surface area contributed by atoms with Crippen LogP contribution in [0.1, 0.15) is 32.6 Å². The summed E-state index contributed by atoms with van der Waals surface area (Å²) in [5.41, 5.74) is 0. The van der Waals surface area contributed by atoms with Gasteiger partial charge >= 0.3 is 0 Å². The third-order valence-corrected chi connectivity index (χ3v) is 4.00. The van der Waals surface area contributed by atoms with Gasteiger partial charge in [0.05, 0.1) is 4.47 Å². The number of likely N-dealkylation sites (tertiary alicyclic amines) is 1. The largest absolute Gasteiger partial charge is 0.369 e. The van der Waals surface area contributed by atoms with Crippen molar-refractivity contribution in [3.8, 4) is 0 Å². The molecule has 1 aliphatic rings. The zero-order valence-corrected chi connectivity index (χ0v) is 13.7. The van der Waals surface area contributed by atoms with Crippen LogP contribution in [0.3, 0.4) is 0 Å². The van der Waals surface area contributed by atoms with Gasteiger partial charge in [-0.3, -0.25) is 0 Å². The van der Waals surface area contributed by atoms with Crippen molar-refractivity contribution in [2.75, 3.05) is 43.4 Å². The van der Waals surface area contributed by atoms with E-state index in [0.717, 1.165) is 36.2 Å². The van der Waals surface area contributed by atoms with E-state index in [-0.39, 0.29) is 0 Å². The van der Waals surface area contributed by atoms with Crippen LogP contribution in [0.25, 0.3) is 0 Å². The first-order valence-corrected chi connectivity index (χ1v) is 8.31. The fourth-order valence-corrected chi connectivity index (χ4v) is 2.66. The maximum atomic E-state index is 4.49. The molecule has 0 amide bonds. The molecule has 0 saturated carbocycles. The van der Waals surface area contributed by atoms with Crippen molar-refractivity contribution in [3.05, 3.63) is 10.7 Å². The van der Waals surface area contributed by atoms with Crippen LogP contribution in [0, 0.1) is 0 Å². The first-order chi connectivity index (χ1) is 9.79. The molecule has 0 spiro atoms. The smallest absolute Gasteiger partial charge is 0.224 e. The molecule has 2 N–H and O–H groups in total. The average molecular weight is 342 g/mol. The van der Waals surface area contributed by atoms with Crippen molar-refractivity contribution in [2.24, 2.45) is 0 Å². The summed E-state index contributed by atoms with van der Waals surface area (Å²) in [6, 6.07) is 0. The highest BCUT2D eigenvalue weighted by Gasteiger charge is 2.10. The second-order valence-electron chi connectivity index (χ2n) is 5.15. The molecule has 112 valence electrons. The lowest BCUT2D eigenvalue weighted by Gasteiger charge is -2.15. The van der Waals surface area contributed by atoms with E-state index in [1.165, 1.54) is 32.5 Å². The first kappa shape index (κ1) is 15.5. The van der Waals surface area contributed by atoms with Crippen LogP contribution in [-0.2, 0) is 0 Å². The van der Waals surface area contributed by atoms with Crippen molar-refractivity contribution in [1.29, 1.82) is 0 Å². The molecular formula is C14H24BrN5. The summed E-state index contributed by atoms with van der Waals surface area (Å²) in [7, 11) is 0. The molecule has 2 rings (SSSR count). The molecule has 0 radical (unpaired) electrons. The number of anilines is 2. The Labute approximate surface area is 129 Å². The van der Waals surface area contributed by atoms with E-state index in [2.05, 4.69) is 48.4 Å². The molecule has 1 aromatic rings. The Balaban J connectivity index is 1.75. The van der Waals surface area contributed by atoms with E-state index in [4.69, 9.17) is 0 Å². The van der Waals surface area contributed by atoms with Gasteiger partial charge < -0.3 is 15.5 Å². The highest BCUT2D eigenvalue weighted by Crippen LogP contribution is 2.20. The molecular weight excluding hydrogens is 318 g/mol. The number of nitrogens with one attached hydrogen (secondary N) is 2. The normalized spacial score (nSPS) is 15.5. The molecule has 5 nitrogen and oxygen atoms in total. The van der Waals surface area contributed by atoms with Crippen molar-refractivity contribution >= 4 is 27.7 Å². The van der Waals surface area contributed by atoms with Crippen molar-refractivity contribution < 1.29 is 0 Å². The number of nitrogens with zero attached hydrogens (tertiary/aromatic N) is 3. The van der Waals surface area contributed by atoms with E-state index in [1.54, 1.807) is 6.20 Å². The van der Waals surface area contributed by atoms with E-state index in [1.807, 2.05) is 0 Å². The Bertz CT molecular complexity index is 407. The molecule has 20 heavy (non-hydrogen) atoms. The summed E-state index contributed by atoms with van der Waals surface area (Å²) in [5, 5.41) is 6.59. The molecule has 2 heterocycles. The zero-order valence-electron chi connectivity index (χ0n) is 12.2. The highest BCUT2D eigenvalue weighted by atomic mass is 79.9. The summed E-state index contributed by atoms with van der Waals surface area (Å²) in [6.07, 6.45) is 6.73. The summed E-state index contributed by atoms with van der Waals surface area (Å²) in [4.78, 5) is 11.3. The topological polar surface area (TPSA) is 53.1 Å².